The fraction of sp³-hybridized carbons (Fsp3) is 0.125. The monoisotopic (exact) mass is 487 g/mol. The van der Waals surface area contributed by atoms with Crippen LogP contribution < -0.4 is 5.32 Å². The van der Waals surface area contributed by atoms with Crippen molar-refractivity contribution in [2.45, 2.75) is 20.8 Å². The van der Waals surface area contributed by atoms with Gasteiger partial charge < -0.3 is 10.1 Å². The van der Waals surface area contributed by atoms with E-state index in [1.807, 2.05) is 105 Å². The van der Waals surface area contributed by atoms with Gasteiger partial charge in [-0.15, -0.1) is 0 Å². The summed E-state index contributed by atoms with van der Waals surface area (Å²) < 4.78 is 7.36. The molecule has 184 valence electrons. The highest BCUT2D eigenvalue weighted by Crippen LogP contribution is 2.37. The van der Waals surface area contributed by atoms with Crippen LogP contribution in [0.4, 0.5) is 11.4 Å². The van der Waals surface area contributed by atoms with Crippen LogP contribution in [0.15, 0.2) is 102 Å². The number of ether oxygens (including phenoxy) is 1. The first kappa shape index (κ1) is 24.1. The van der Waals surface area contributed by atoms with Crippen molar-refractivity contribution in [3.8, 4) is 11.3 Å². The molecule has 5 heteroatoms. The molecule has 5 rings (SSSR count). The van der Waals surface area contributed by atoms with Gasteiger partial charge in [-0.05, 0) is 55.2 Å². The molecule has 0 fully saturated rings. The number of aryl methyl sites for hydroxylation is 3. The number of rotatable bonds is 4. The number of benzene rings is 4. The van der Waals surface area contributed by atoms with Gasteiger partial charge in [0.15, 0.2) is 0 Å². The second kappa shape index (κ2) is 10.2. The molecule has 37 heavy (non-hydrogen) atoms. The van der Waals surface area contributed by atoms with E-state index in [0.29, 0.717) is 11.5 Å². The van der Waals surface area contributed by atoms with Crippen LogP contribution in [0.1, 0.15) is 27.0 Å². The second-order valence-corrected chi connectivity index (χ2v) is 9.05. The number of hydrogen-bond acceptors (Lipinski definition) is 3. The molecule has 0 bridgehead atoms. The second-order valence-electron chi connectivity index (χ2n) is 9.05. The lowest BCUT2D eigenvalue weighted by atomic mass is 10.0. The normalized spacial score (nSPS) is 11.5. The average Bonchev–Trinajstić information content (AvgIpc) is 3.27. The first-order valence-corrected chi connectivity index (χ1v) is 12.2. The van der Waals surface area contributed by atoms with Gasteiger partial charge in [0.2, 0.25) is 5.96 Å². The van der Waals surface area contributed by atoms with Gasteiger partial charge in [-0.1, -0.05) is 84.9 Å². The number of methoxy groups -OCH3 is 1. The Morgan fingerprint density at radius 2 is 1.41 bits per heavy atom. The molecule has 0 saturated carbocycles. The zero-order valence-corrected chi connectivity index (χ0v) is 21.4. The van der Waals surface area contributed by atoms with Crippen LogP contribution in [-0.4, -0.2) is 23.6 Å². The summed E-state index contributed by atoms with van der Waals surface area (Å²) in [7, 11) is 1.42. The summed E-state index contributed by atoms with van der Waals surface area (Å²) in [6.45, 7) is 6.15. The molecule has 0 aliphatic heterocycles. The first-order chi connectivity index (χ1) is 18.0. The predicted octanol–water partition coefficient (Wildman–Crippen LogP) is 7.67. The van der Waals surface area contributed by atoms with Gasteiger partial charge >= 0.3 is 5.97 Å². The molecule has 1 aromatic heterocycles. The molecular formula is C32H29N3O2. The molecule has 4 aromatic carbocycles. The quantitative estimate of drug-likeness (QED) is 0.161. The summed E-state index contributed by atoms with van der Waals surface area (Å²) in [5, 5.41) is 4.41. The maximum absolute atomic E-state index is 13.3. The first-order valence-electron chi connectivity index (χ1n) is 12.2. The topological polar surface area (TPSA) is 55.6 Å². The summed E-state index contributed by atoms with van der Waals surface area (Å²) >= 11 is 0. The summed E-state index contributed by atoms with van der Waals surface area (Å²) in [5.74, 6) is 0.205. The van der Waals surface area contributed by atoms with Crippen molar-refractivity contribution >= 4 is 34.2 Å². The van der Waals surface area contributed by atoms with Crippen molar-refractivity contribution in [2.24, 2.45) is 4.99 Å². The number of nitrogens with one attached hydrogen (secondary N) is 1. The van der Waals surface area contributed by atoms with Gasteiger partial charge in [0.05, 0.1) is 29.6 Å². The SMILES string of the molecule is COC(=O)c1c(-c2ccccc2)n(C(=Nc2ccccc2C)Nc2ccccc2C)c2c(C)cccc12. The van der Waals surface area contributed by atoms with E-state index in [-0.39, 0.29) is 5.97 Å². The minimum Gasteiger partial charge on any atom is -0.465 e. The molecule has 1 N–H and O–H groups in total. The van der Waals surface area contributed by atoms with Crippen molar-refractivity contribution in [3.05, 3.63) is 119 Å². The highest BCUT2D eigenvalue weighted by atomic mass is 16.5. The standard InChI is InChI=1S/C32H29N3O2/c1-21-13-8-10-19-26(21)33-32(34-27-20-11-9-14-22(27)2)35-29-23(3)15-12-18-25(29)28(31(36)37-4)30(35)24-16-6-5-7-17-24/h5-20H,1-4H3,(H,33,34). The lowest BCUT2D eigenvalue weighted by Crippen LogP contribution is -2.24. The summed E-state index contributed by atoms with van der Waals surface area (Å²) in [4.78, 5) is 18.5. The molecular weight excluding hydrogens is 458 g/mol. The largest absolute Gasteiger partial charge is 0.465 e. The Labute approximate surface area is 217 Å². The summed E-state index contributed by atoms with van der Waals surface area (Å²) in [6.07, 6.45) is 0. The van der Waals surface area contributed by atoms with Gasteiger partial charge in [-0.3, -0.25) is 4.57 Å². The van der Waals surface area contributed by atoms with Crippen molar-refractivity contribution in [1.29, 1.82) is 0 Å². The third-order valence-corrected chi connectivity index (χ3v) is 6.57. The maximum atomic E-state index is 13.3. The lowest BCUT2D eigenvalue weighted by Gasteiger charge is -2.19. The van der Waals surface area contributed by atoms with Crippen molar-refractivity contribution in [1.82, 2.24) is 4.57 Å². The molecule has 1 heterocycles. The third-order valence-electron chi connectivity index (χ3n) is 6.57. The van der Waals surface area contributed by atoms with Crippen LogP contribution in [0.3, 0.4) is 0 Å². The Morgan fingerprint density at radius 1 is 0.757 bits per heavy atom. The Kier molecular flexibility index (Phi) is 6.60. The van der Waals surface area contributed by atoms with Gasteiger partial charge in [0.1, 0.15) is 0 Å². The van der Waals surface area contributed by atoms with Crippen LogP contribution in [0, 0.1) is 20.8 Å². The van der Waals surface area contributed by atoms with Crippen molar-refractivity contribution in [2.75, 3.05) is 12.4 Å². The number of anilines is 1. The molecule has 0 aliphatic carbocycles. The summed E-state index contributed by atoms with van der Waals surface area (Å²) in [6, 6.07) is 32.0. The van der Waals surface area contributed by atoms with Gasteiger partial charge in [0, 0.05) is 11.1 Å². The highest BCUT2D eigenvalue weighted by Gasteiger charge is 2.28. The van der Waals surface area contributed by atoms with E-state index in [4.69, 9.17) is 9.73 Å². The minimum atomic E-state index is -0.390. The number of aliphatic imine (C=N–C) groups is 1. The molecule has 0 spiro atoms. The molecule has 5 nitrogen and oxygen atoms in total. The number of carbonyl (C=O) groups is 1. The van der Waals surface area contributed by atoms with Crippen LogP contribution in [0.2, 0.25) is 0 Å². The van der Waals surface area contributed by atoms with Crippen LogP contribution >= 0.6 is 0 Å². The van der Waals surface area contributed by atoms with Crippen LogP contribution in [-0.2, 0) is 4.74 Å². The van der Waals surface area contributed by atoms with Crippen molar-refractivity contribution in [3.63, 3.8) is 0 Å². The minimum absolute atomic E-state index is 0.390. The number of nitrogens with zero attached hydrogens (tertiary/aromatic N) is 2. The number of fused-ring (bicyclic) bond motifs is 1. The molecule has 0 atom stereocenters. The lowest BCUT2D eigenvalue weighted by molar-refractivity contribution is 0.0604. The molecule has 5 aromatic rings. The van der Waals surface area contributed by atoms with Gasteiger partial charge in [0.25, 0.3) is 0 Å². The zero-order chi connectivity index (χ0) is 25.9. The van der Waals surface area contributed by atoms with E-state index in [9.17, 15) is 4.79 Å². The molecule has 0 saturated heterocycles. The van der Waals surface area contributed by atoms with E-state index in [1.165, 1.54) is 7.11 Å². The van der Waals surface area contributed by atoms with Crippen LogP contribution in [0.5, 0.6) is 0 Å². The summed E-state index contributed by atoms with van der Waals surface area (Å²) in [5.41, 5.74) is 7.96. The average molecular weight is 488 g/mol. The molecule has 0 amide bonds. The smallest absolute Gasteiger partial charge is 0.340 e. The predicted molar refractivity (Wildman–Crippen MR) is 152 cm³/mol. The van der Waals surface area contributed by atoms with E-state index in [1.54, 1.807) is 0 Å². The number of para-hydroxylation sites is 3. The Balaban J connectivity index is 1.92. The van der Waals surface area contributed by atoms with Gasteiger partial charge in [-0.25, -0.2) is 9.79 Å². The third kappa shape index (κ3) is 4.52. The molecule has 0 radical (unpaired) electrons. The molecule has 0 unspecified atom stereocenters. The van der Waals surface area contributed by atoms with E-state index in [0.717, 1.165) is 50.2 Å². The number of esters is 1. The van der Waals surface area contributed by atoms with E-state index < -0.39 is 0 Å². The maximum Gasteiger partial charge on any atom is 0.340 e. The van der Waals surface area contributed by atoms with Crippen molar-refractivity contribution < 1.29 is 9.53 Å². The zero-order valence-electron chi connectivity index (χ0n) is 21.4. The Bertz CT molecular complexity index is 1630. The van der Waals surface area contributed by atoms with E-state index in [2.05, 4.69) is 22.9 Å². The Morgan fingerprint density at radius 3 is 2.11 bits per heavy atom. The highest BCUT2D eigenvalue weighted by molar-refractivity contribution is 6.17. The number of carbonyl (C=O) groups excluding carboxylic acids is 1. The van der Waals surface area contributed by atoms with E-state index >= 15 is 0 Å². The Hall–Kier alpha value is -4.64. The molecule has 0 aliphatic rings. The fourth-order valence-electron chi connectivity index (χ4n) is 4.67. The van der Waals surface area contributed by atoms with Gasteiger partial charge in [-0.2, -0.15) is 0 Å². The number of aromatic nitrogens is 1. The van der Waals surface area contributed by atoms with Crippen LogP contribution in [0.25, 0.3) is 22.2 Å². The fourth-order valence-corrected chi connectivity index (χ4v) is 4.67. The number of hydrogen-bond donors (Lipinski definition) is 1.